The molecule has 2 aromatic heterocycles. The van der Waals surface area contributed by atoms with Crippen LogP contribution in [0.3, 0.4) is 0 Å². The number of nitrogens with zero attached hydrogens (tertiary/aromatic N) is 3. The summed E-state index contributed by atoms with van der Waals surface area (Å²) in [5.74, 6) is 2.04. The third-order valence-electron chi connectivity index (χ3n) is 7.21. The van der Waals surface area contributed by atoms with Crippen LogP contribution in [0.5, 0.6) is 0 Å². The van der Waals surface area contributed by atoms with E-state index in [-0.39, 0.29) is 5.41 Å². The molecule has 36 heavy (non-hydrogen) atoms. The van der Waals surface area contributed by atoms with Gasteiger partial charge in [0.2, 0.25) is 0 Å². The van der Waals surface area contributed by atoms with Gasteiger partial charge in [-0.1, -0.05) is 84.9 Å². The van der Waals surface area contributed by atoms with Crippen molar-refractivity contribution in [2.45, 2.75) is 72.6 Å². The second-order valence-electron chi connectivity index (χ2n) is 11.7. The minimum atomic E-state index is 0.0127. The number of aromatic nitrogens is 3. The van der Waals surface area contributed by atoms with Crippen molar-refractivity contribution >= 4 is 32.6 Å². The quantitative estimate of drug-likeness (QED) is 0.228. The Hall–Kier alpha value is -2.98. The largest absolute Gasteiger partial charge is 0.296 e. The molecular formula is C32H38N3S+. The highest BCUT2D eigenvalue weighted by atomic mass is 32.1. The maximum absolute atomic E-state index is 5.09. The van der Waals surface area contributed by atoms with Gasteiger partial charge in [0.1, 0.15) is 5.69 Å². The van der Waals surface area contributed by atoms with Crippen molar-refractivity contribution in [2.24, 2.45) is 7.05 Å². The number of rotatable bonds is 4. The van der Waals surface area contributed by atoms with Crippen LogP contribution in [0.4, 0.5) is 0 Å². The fourth-order valence-corrected chi connectivity index (χ4v) is 6.50. The Morgan fingerprint density at radius 2 is 1.50 bits per heavy atom. The van der Waals surface area contributed by atoms with Gasteiger partial charge in [-0.25, -0.2) is 9.55 Å². The first-order valence-electron chi connectivity index (χ1n) is 13.0. The molecule has 3 aromatic carbocycles. The molecule has 186 valence electrons. The summed E-state index contributed by atoms with van der Waals surface area (Å²) in [6.07, 6.45) is 0. The van der Waals surface area contributed by atoms with Crippen molar-refractivity contribution in [2.75, 3.05) is 0 Å². The first kappa shape index (κ1) is 24.7. The summed E-state index contributed by atoms with van der Waals surface area (Å²) in [5.41, 5.74) is 10.2. The van der Waals surface area contributed by atoms with E-state index in [2.05, 4.69) is 126 Å². The molecule has 4 heteroatoms. The highest BCUT2D eigenvalue weighted by Crippen LogP contribution is 2.42. The normalized spacial score (nSPS) is 12.5. The average molecular weight is 497 g/mol. The van der Waals surface area contributed by atoms with E-state index >= 15 is 0 Å². The molecule has 0 aliphatic carbocycles. The number of benzene rings is 3. The van der Waals surface area contributed by atoms with E-state index in [4.69, 9.17) is 4.98 Å². The Balaban J connectivity index is 1.99. The monoisotopic (exact) mass is 496 g/mol. The summed E-state index contributed by atoms with van der Waals surface area (Å²) in [5, 5.41) is 1.18. The van der Waals surface area contributed by atoms with Crippen LogP contribution in [0.1, 0.15) is 82.0 Å². The molecular weight excluding hydrogens is 458 g/mol. The van der Waals surface area contributed by atoms with E-state index in [1.807, 2.05) is 11.3 Å². The van der Waals surface area contributed by atoms with E-state index in [1.165, 1.54) is 54.5 Å². The highest BCUT2D eigenvalue weighted by Gasteiger charge is 2.33. The van der Waals surface area contributed by atoms with Gasteiger partial charge in [0.25, 0.3) is 5.82 Å². The van der Waals surface area contributed by atoms with Crippen LogP contribution in [0.25, 0.3) is 38.3 Å². The van der Waals surface area contributed by atoms with E-state index < -0.39 is 0 Å². The molecule has 0 saturated heterocycles. The fraction of sp³-hybridized carbons (Fsp3) is 0.375. The van der Waals surface area contributed by atoms with Crippen LogP contribution in [-0.4, -0.2) is 9.55 Å². The minimum absolute atomic E-state index is 0.0127. The molecule has 5 rings (SSSR count). The molecule has 0 unspecified atom stereocenters. The zero-order valence-corrected chi connectivity index (χ0v) is 23.9. The second-order valence-corrected chi connectivity index (χ2v) is 12.7. The predicted molar refractivity (Wildman–Crippen MR) is 155 cm³/mol. The van der Waals surface area contributed by atoms with Gasteiger partial charge in [0.05, 0.1) is 27.8 Å². The van der Waals surface area contributed by atoms with Gasteiger partial charge >= 0.3 is 0 Å². The van der Waals surface area contributed by atoms with Gasteiger partial charge in [0, 0.05) is 16.5 Å². The minimum Gasteiger partial charge on any atom is -0.241 e. The average Bonchev–Trinajstić information content (AvgIpc) is 3.38. The molecule has 0 aliphatic rings. The number of thiazole rings is 1. The maximum atomic E-state index is 5.09. The molecule has 5 aromatic rings. The number of aryl methyl sites for hydroxylation is 2. The van der Waals surface area contributed by atoms with Crippen LogP contribution in [0, 0.1) is 6.92 Å². The standard InChI is InChI=1S/C32H38N3S/c1-19(2)22-13-12-14-23(20(3)4)28(22)35-26-16-11-10-15-25(26)34(9)30(35)27-21(5)17-18-24-29(27)36-31(33-24)32(6,7)8/h10-20H,1-9H3/q+1. The number of imidazole rings is 1. The van der Waals surface area contributed by atoms with Gasteiger partial charge in [-0.2, -0.15) is 4.57 Å². The topological polar surface area (TPSA) is 21.7 Å². The smallest absolute Gasteiger partial charge is 0.241 e. The molecule has 0 radical (unpaired) electrons. The van der Waals surface area contributed by atoms with Crippen molar-refractivity contribution in [1.82, 2.24) is 9.55 Å². The molecule has 0 amide bonds. The number of hydrogen-bond acceptors (Lipinski definition) is 2. The van der Waals surface area contributed by atoms with Gasteiger partial charge in [-0.05, 0) is 42.5 Å². The first-order chi connectivity index (χ1) is 17.0. The number of fused-ring (bicyclic) bond motifs is 2. The summed E-state index contributed by atoms with van der Waals surface area (Å²) in [7, 11) is 2.21. The van der Waals surface area contributed by atoms with Crippen LogP contribution < -0.4 is 4.57 Å². The van der Waals surface area contributed by atoms with Crippen LogP contribution >= 0.6 is 11.3 Å². The Labute approximate surface area is 219 Å². The van der Waals surface area contributed by atoms with E-state index in [0.717, 1.165) is 5.52 Å². The molecule has 0 fully saturated rings. The van der Waals surface area contributed by atoms with Crippen LogP contribution in [0.2, 0.25) is 0 Å². The highest BCUT2D eigenvalue weighted by molar-refractivity contribution is 7.19. The van der Waals surface area contributed by atoms with Gasteiger partial charge in [0.15, 0.2) is 11.0 Å². The van der Waals surface area contributed by atoms with Crippen molar-refractivity contribution < 1.29 is 4.57 Å². The Morgan fingerprint density at radius 3 is 2.11 bits per heavy atom. The van der Waals surface area contributed by atoms with E-state index in [9.17, 15) is 0 Å². The second kappa shape index (κ2) is 8.85. The summed E-state index contributed by atoms with van der Waals surface area (Å²) < 4.78 is 6.19. The lowest BCUT2D eigenvalue weighted by Gasteiger charge is -2.18. The molecule has 0 saturated carbocycles. The van der Waals surface area contributed by atoms with Crippen molar-refractivity contribution in [3.63, 3.8) is 0 Å². The zero-order valence-electron chi connectivity index (χ0n) is 23.1. The van der Waals surface area contributed by atoms with E-state index in [1.54, 1.807) is 0 Å². The van der Waals surface area contributed by atoms with E-state index in [0.29, 0.717) is 11.8 Å². The lowest BCUT2D eigenvalue weighted by atomic mass is 9.92. The molecule has 0 aliphatic heterocycles. The van der Waals surface area contributed by atoms with Crippen molar-refractivity contribution in [1.29, 1.82) is 0 Å². The molecule has 0 atom stereocenters. The Morgan fingerprint density at radius 1 is 0.861 bits per heavy atom. The Bertz CT molecular complexity index is 1570. The van der Waals surface area contributed by atoms with Crippen LogP contribution in [-0.2, 0) is 12.5 Å². The third-order valence-corrected chi connectivity index (χ3v) is 8.73. The van der Waals surface area contributed by atoms with Gasteiger partial charge in [-0.15, -0.1) is 11.3 Å². The Kier molecular flexibility index (Phi) is 6.07. The van der Waals surface area contributed by atoms with Gasteiger partial charge in [-0.3, -0.25) is 0 Å². The summed E-state index contributed by atoms with van der Waals surface area (Å²) >= 11 is 1.85. The molecule has 3 nitrogen and oxygen atoms in total. The molecule has 0 spiro atoms. The summed E-state index contributed by atoms with van der Waals surface area (Å²) in [6.45, 7) is 18.2. The summed E-state index contributed by atoms with van der Waals surface area (Å²) in [6, 6.07) is 20.1. The lowest BCUT2D eigenvalue weighted by molar-refractivity contribution is -0.633. The van der Waals surface area contributed by atoms with Crippen molar-refractivity contribution in [3.05, 3.63) is 76.3 Å². The van der Waals surface area contributed by atoms with Crippen molar-refractivity contribution in [3.8, 4) is 17.1 Å². The third kappa shape index (κ3) is 3.87. The first-order valence-corrected chi connectivity index (χ1v) is 13.9. The summed E-state index contributed by atoms with van der Waals surface area (Å²) in [4.78, 5) is 5.09. The number of hydrogen-bond donors (Lipinski definition) is 0. The maximum Gasteiger partial charge on any atom is 0.296 e. The zero-order chi connectivity index (χ0) is 25.9. The molecule has 0 bridgehead atoms. The predicted octanol–water partition coefficient (Wildman–Crippen LogP) is 8.58. The van der Waals surface area contributed by atoms with Gasteiger partial charge < -0.3 is 0 Å². The lowest BCUT2D eigenvalue weighted by Crippen LogP contribution is -2.30. The molecule has 2 heterocycles. The number of para-hydroxylation sites is 3. The fourth-order valence-electron chi connectivity index (χ4n) is 5.28. The molecule has 0 N–H and O–H groups in total. The SMILES string of the molecule is Cc1ccc2nc(C(C)(C)C)sc2c1-c1n(-c2c(C(C)C)cccc2C(C)C)c2ccccc2[n+]1C. The van der Waals surface area contributed by atoms with Crippen LogP contribution in [0.15, 0.2) is 54.6 Å².